The highest BCUT2D eigenvalue weighted by Gasteiger charge is 2.59. The number of carbonyl (C=O) groups excluding carboxylic acids is 3. The van der Waals surface area contributed by atoms with Crippen LogP contribution in [0.4, 0.5) is 10.5 Å². The molecule has 1 aromatic heterocycles. The van der Waals surface area contributed by atoms with Crippen LogP contribution in [0, 0.1) is 0 Å². The number of ether oxygens (including phenoxy) is 1. The number of nitrogens with one attached hydrogen (secondary N) is 2. The minimum absolute atomic E-state index is 0.161. The molecule has 0 bridgehead atoms. The molecule has 8 heteroatoms. The van der Waals surface area contributed by atoms with E-state index in [1.165, 1.54) is 4.90 Å². The highest BCUT2D eigenvalue weighted by atomic mass is 16.5. The fourth-order valence-electron chi connectivity index (χ4n) is 5.64. The van der Waals surface area contributed by atoms with Gasteiger partial charge < -0.3 is 19.9 Å². The van der Waals surface area contributed by atoms with Crippen molar-refractivity contribution in [3.8, 4) is 5.75 Å². The molecule has 4 aromatic rings. The van der Waals surface area contributed by atoms with E-state index in [0.717, 1.165) is 33.5 Å². The van der Waals surface area contributed by atoms with Gasteiger partial charge in [0.1, 0.15) is 5.75 Å². The Balaban J connectivity index is 1.28. The van der Waals surface area contributed by atoms with Gasteiger partial charge in [0.25, 0.3) is 11.8 Å². The first-order valence-electron chi connectivity index (χ1n) is 12.6. The molecule has 1 saturated heterocycles. The number of fused-ring (bicyclic) bond motifs is 5. The number of nitrogens with zero attached hydrogens (tertiary/aromatic N) is 2. The van der Waals surface area contributed by atoms with Crippen molar-refractivity contribution in [2.75, 3.05) is 18.6 Å². The van der Waals surface area contributed by atoms with Gasteiger partial charge in [-0.25, -0.2) is 9.69 Å². The van der Waals surface area contributed by atoms with Crippen LogP contribution in [-0.4, -0.2) is 41.4 Å². The Morgan fingerprint density at radius 2 is 1.79 bits per heavy atom. The Bertz CT molecular complexity index is 1580. The molecule has 3 heterocycles. The van der Waals surface area contributed by atoms with Crippen LogP contribution in [0.2, 0.25) is 0 Å². The zero-order valence-electron chi connectivity index (χ0n) is 21.4. The number of hydrogen-bond donors (Lipinski definition) is 2. The minimum Gasteiger partial charge on any atom is -0.497 e. The van der Waals surface area contributed by atoms with E-state index in [-0.39, 0.29) is 23.9 Å². The molecule has 1 fully saturated rings. The van der Waals surface area contributed by atoms with Crippen LogP contribution in [0.15, 0.2) is 72.8 Å². The molecule has 0 radical (unpaired) electrons. The van der Waals surface area contributed by atoms with Crippen molar-refractivity contribution < 1.29 is 19.1 Å². The molecule has 2 N–H and O–H groups in total. The number of aromatic nitrogens is 1. The summed E-state index contributed by atoms with van der Waals surface area (Å²) >= 11 is 0. The van der Waals surface area contributed by atoms with E-state index in [2.05, 4.69) is 10.3 Å². The van der Waals surface area contributed by atoms with Gasteiger partial charge in [-0.2, -0.15) is 0 Å². The summed E-state index contributed by atoms with van der Waals surface area (Å²) in [6, 6.07) is 21.5. The normalized spacial score (nSPS) is 19.3. The Labute approximate surface area is 220 Å². The second-order valence-corrected chi connectivity index (χ2v) is 9.94. The molecule has 6 rings (SSSR count). The fourth-order valence-corrected chi connectivity index (χ4v) is 5.64. The maximum absolute atomic E-state index is 13.9. The Hall–Kier alpha value is -4.59. The van der Waals surface area contributed by atoms with Crippen molar-refractivity contribution in [2.24, 2.45) is 0 Å². The Morgan fingerprint density at radius 3 is 2.50 bits per heavy atom. The molecular formula is C30H28N4O4. The number of carbonyl (C=O) groups is 3. The number of aromatic amines is 1. The van der Waals surface area contributed by atoms with Crippen LogP contribution in [0.3, 0.4) is 0 Å². The zero-order valence-corrected chi connectivity index (χ0v) is 21.4. The van der Waals surface area contributed by atoms with Gasteiger partial charge in [-0.15, -0.1) is 0 Å². The first-order valence-corrected chi connectivity index (χ1v) is 12.6. The van der Waals surface area contributed by atoms with Crippen molar-refractivity contribution in [1.29, 1.82) is 0 Å². The van der Waals surface area contributed by atoms with E-state index in [4.69, 9.17) is 4.74 Å². The van der Waals surface area contributed by atoms with Gasteiger partial charge in [0, 0.05) is 23.0 Å². The average molecular weight is 509 g/mol. The third-order valence-electron chi connectivity index (χ3n) is 7.80. The van der Waals surface area contributed by atoms with Crippen LogP contribution in [0.5, 0.6) is 5.75 Å². The molecule has 2 aliphatic heterocycles. The van der Waals surface area contributed by atoms with Crippen molar-refractivity contribution >= 4 is 34.4 Å². The first kappa shape index (κ1) is 23.8. The maximum Gasteiger partial charge on any atom is 0.332 e. The number of imide groups is 1. The summed E-state index contributed by atoms with van der Waals surface area (Å²) in [5.41, 5.74) is 3.40. The van der Waals surface area contributed by atoms with Gasteiger partial charge in [-0.1, -0.05) is 30.3 Å². The lowest BCUT2D eigenvalue weighted by atomic mass is 9.87. The molecule has 4 amide bonds. The van der Waals surface area contributed by atoms with Crippen LogP contribution >= 0.6 is 0 Å². The Morgan fingerprint density at radius 1 is 1.05 bits per heavy atom. The lowest BCUT2D eigenvalue weighted by Crippen LogP contribution is -2.49. The van der Waals surface area contributed by atoms with E-state index in [1.54, 1.807) is 43.2 Å². The van der Waals surface area contributed by atoms with Crippen LogP contribution in [0.25, 0.3) is 10.9 Å². The number of amides is 4. The molecule has 1 unspecified atom stereocenters. The number of hydrogen-bond acceptors (Lipinski definition) is 4. The van der Waals surface area contributed by atoms with Crippen molar-refractivity contribution in [1.82, 2.24) is 15.2 Å². The number of urea groups is 1. The third kappa shape index (κ3) is 3.48. The van der Waals surface area contributed by atoms with Gasteiger partial charge >= 0.3 is 6.03 Å². The molecule has 0 aliphatic carbocycles. The summed E-state index contributed by atoms with van der Waals surface area (Å²) in [6.45, 7) is 4.14. The largest absolute Gasteiger partial charge is 0.497 e. The van der Waals surface area contributed by atoms with Crippen molar-refractivity contribution in [2.45, 2.75) is 31.8 Å². The van der Waals surface area contributed by atoms with E-state index in [0.29, 0.717) is 24.2 Å². The lowest BCUT2D eigenvalue weighted by Gasteiger charge is -2.35. The molecule has 3 aromatic carbocycles. The summed E-state index contributed by atoms with van der Waals surface area (Å²) < 4.78 is 5.40. The molecule has 0 spiro atoms. The SMILES string of the molecule is COc1ccc2[nH]c3c(c2c1)CCN1C(=O)N(c2ccc(C(=O)NC(C)c4ccccc4)cc2)C(=O)[C@]31C. The second-order valence-electron chi connectivity index (χ2n) is 9.94. The van der Waals surface area contributed by atoms with Crippen molar-refractivity contribution in [3.63, 3.8) is 0 Å². The highest BCUT2D eigenvalue weighted by molar-refractivity contribution is 6.23. The van der Waals surface area contributed by atoms with Gasteiger partial charge in [0.15, 0.2) is 5.54 Å². The maximum atomic E-state index is 13.9. The monoisotopic (exact) mass is 508 g/mol. The summed E-state index contributed by atoms with van der Waals surface area (Å²) in [4.78, 5) is 46.5. The molecule has 8 nitrogen and oxygen atoms in total. The van der Waals surface area contributed by atoms with Gasteiger partial charge in [0.2, 0.25) is 0 Å². The zero-order chi connectivity index (χ0) is 26.6. The standard InChI is InChI=1S/C30H28N4O4/c1-18(19-7-5-4-6-8-19)31-27(35)20-9-11-21(12-10-20)34-28(36)30(2)26-23(15-16-33(30)29(34)37)24-17-22(38-3)13-14-25(24)32-26/h4-14,17-18,32H,15-16H2,1-3H3,(H,31,35)/t18?,30-/m0/s1. The molecular weight excluding hydrogens is 480 g/mol. The third-order valence-corrected chi connectivity index (χ3v) is 7.80. The summed E-state index contributed by atoms with van der Waals surface area (Å²) in [5.74, 6) is 0.191. The van der Waals surface area contributed by atoms with E-state index in [9.17, 15) is 14.4 Å². The fraction of sp³-hybridized carbons (Fsp3) is 0.233. The van der Waals surface area contributed by atoms with Crippen LogP contribution < -0.4 is 15.0 Å². The van der Waals surface area contributed by atoms with E-state index in [1.807, 2.05) is 55.5 Å². The summed E-state index contributed by atoms with van der Waals surface area (Å²) in [5, 5.41) is 3.99. The summed E-state index contributed by atoms with van der Waals surface area (Å²) in [6.07, 6.45) is 0.629. The van der Waals surface area contributed by atoms with E-state index < -0.39 is 5.54 Å². The smallest absolute Gasteiger partial charge is 0.332 e. The highest BCUT2D eigenvalue weighted by Crippen LogP contribution is 2.45. The number of anilines is 1. The number of H-pyrrole nitrogens is 1. The lowest BCUT2D eigenvalue weighted by molar-refractivity contribution is -0.125. The number of methoxy groups -OCH3 is 1. The van der Waals surface area contributed by atoms with Crippen LogP contribution in [0.1, 0.15) is 47.1 Å². The molecule has 2 aliphatic rings. The van der Waals surface area contributed by atoms with E-state index >= 15 is 0 Å². The van der Waals surface area contributed by atoms with Gasteiger partial charge in [-0.05, 0) is 73.9 Å². The van der Waals surface area contributed by atoms with Gasteiger partial charge in [-0.3, -0.25) is 9.59 Å². The predicted molar refractivity (Wildman–Crippen MR) is 144 cm³/mol. The second kappa shape index (κ2) is 8.76. The quantitative estimate of drug-likeness (QED) is 0.375. The average Bonchev–Trinajstić information content (AvgIpc) is 3.41. The summed E-state index contributed by atoms with van der Waals surface area (Å²) in [7, 11) is 1.62. The molecule has 0 saturated carbocycles. The predicted octanol–water partition coefficient (Wildman–Crippen LogP) is 4.91. The minimum atomic E-state index is -1.15. The van der Waals surface area contributed by atoms with Gasteiger partial charge in [0.05, 0.1) is 24.5 Å². The number of benzene rings is 3. The number of rotatable bonds is 5. The molecule has 192 valence electrons. The first-order chi connectivity index (χ1) is 18.3. The topological polar surface area (TPSA) is 94.7 Å². The van der Waals surface area contributed by atoms with Crippen molar-refractivity contribution in [3.05, 3.63) is 95.2 Å². The van der Waals surface area contributed by atoms with Crippen LogP contribution in [-0.2, 0) is 16.8 Å². The molecule has 2 atom stereocenters. The molecule has 38 heavy (non-hydrogen) atoms. The Kier molecular flexibility index (Phi) is 5.48.